The number of nitrogen functional groups attached to an aromatic ring is 1. The molecule has 102 valence electrons. The summed E-state index contributed by atoms with van der Waals surface area (Å²) in [5.74, 6) is 2.45. The molecule has 4 N–H and O–H groups in total. The zero-order valence-electron chi connectivity index (χ0n) is 11.4. The average Bonchev–Trinajstić information content (AvgIpc) is 2.79. The molecule has 1 aliphatic carbocycles. The highest BCUT2D eigenvalue weighted by molar-refractivity contribution is 5.80. The first-order valence-corrected chi connectivity index (χ1v) is 7.21. The smallest absolute Gasteiger partial charge is 0.201 e. The van der Waals surface area contributed by atoms with Crippen LogP contribution in [0.15, 0.2) is 18.2 Å². The highest BCUT2D eigenvalue weighted by Gasteiger charge is 2.21. The zero-order chi connectivity index (χ0) is 13.2. The van der Waals surface area contributed by atoms with Crippen molar-refractivity contribution < 1.29 is 0 Å². The van der Waals surface area contributed by atoms with Gasteiger partial charge in [-0.25, -0.2) is 4.98 Å². The zero-order valence-corrected chi connectivity index (χ0v) is 11.4. The molecule has 1 fully saturated rings. The topological polar surface area (TPSA) is 66.7 Å². The first-order valence-electron chi connectivity index (χ1n) is 7.21. The molecule has 2 unspecified atom stereocenters. The van der Waals surface area contributed by atoms with Crippen LogP contribution in [0.2, 0.25) is 0 Å². The Morgan fingerprint density at radius 3 is 3.05 bits per heavy atom. The maximum Gasteiger partial charge on any atom is 0.201 e. The number of hydrogen-bond donors (Lipinski definition) is 3. The third-order valence-electron chi connectivity index (χ3n) is 4.33. The molecule has 4 heteroatoms. The Bertz CT molecular complexity index is 560. The van der Waals surface area contributed by atoms with Gasteiger partial charge >= 0.3 is 0 Å². The molecule has 19 heavy (non-hydrogen) atoms. The van der Waals surface area contributed by atoms with Crippen LogP contribution in [0.1, 0.15) is 32.6 Å². The van der Waals surface area contributed by atoms with Gasteiger partial charge in [-0.1, -0.05) is 26.2 Å². The molecule has 1 aliphatic rings. The van der Waals surface area contributed by atoms with Gasteiger partial charge in [-0.2, -0.15) is 0 Å². The molecule has 0 saturated heterocycles. The minimum absolute atomic E-state index is 0.767. The maximum absolute atomic E-state index is 5.77. The normalized spacial score (nSPS) is 23.6. The van der Waals surface area contributed by atoms with E-state index in [1.54, 1.807) is 0 Å². The van der Waals surface area contributed by atoms with Crippen molar-refractivity contribution in [1.82, 2.24) is 9.97 Å². The van der Waals surface area contributed by atoms with Crippen molar-refractivity contribution in [2.24, 2.45) is 11.8 Å². The van der Waals surface area contributed by atoms with Crippen molar-refractivity contribution in [3.63, 3.8) is 0 Å². The SMILES string of the molecule is CC1CCCCC1CNc1nc2ccc(N)cc2[nH]1. The summed E-state index contributed by atoms with van der Waals surface area (Å²) in [4.78, 5) is 7.83. The molecule has 0 spiro atoms. The molecule has 2 atom stereocenters. The number of aromatic amines is 1. The monoisotopic (exact) mass is 258 g/mol. The van der Waals surface area contributed by atoms with E-state index in [-0.39, 0.29) is 0 Å². The van der Waals surface area contributed by atoms with E-state index in [9.17, 15) is 0 Å². The van der Waals surface area contributed by atoms with E-state index in [2.05, 4.69) is 22.2 Å². The summed E-state index contributed by atoms with van der Waals surface area (Å²) in [5.41, 5.74) is 8.51. The van der Waals surface area contributed by atoms with Crippen molar-refractivity contribution in [3.8, 4) is 0 Å². The van der Waals surface area contributed by atoms with Gasteiger partial charge in [0.15, 0.2) is 0 Å². The number of fused-ring (bicyclic) bond motifs is 1. The van der Waals surface area contributed by atoms with Crippen LogP contribution < -0.4 is 11.1 Å². The van der Waals surface area contributed by atoms with Crippen molar-refractivity contribution in [3.05, 3.63) is 18.2 Å². The van der Waals surface area contributed by atoms with Crippen molar-refractivity contribution >= 4 is 22.7 Å². The largest absolute Gasteiger partial charge is 0.399 e. The Hall–Kier alpha value is -1.71. The van der Waals surface area contributed by atoms with Gasteiger partial charge in [-0.15, -0.1) is 0 Å². The van der Waals surface area contributed by atoms with Crippen LogP contribution in [-0.2, 0) is 0 Å². The summed E-state index contributed by atoms with van der Waals surface area (Å²) in [6.45, 7) is 3.38. The second kappa shape index (κ2) is 5.11. The highest BCUT2D eigenvalue weighted by atomic mass is 15.1. The van der Waals surface area contributed by atoms with Crippen LogP contribution in [0.25, 0.3) is 11.0 Å². The molecule has 0 bridgehead atoms. The molecule has 1 heterocycles. The lowest BCUT2D eigenvalue weighted by Crippen LogP contribution is -2.24. The standard InChI is InChI=1S/C15H22N4/c1-10-4-2-3-5-11(10)9-17-15-18-13-7-6-12(16)8-14(13)19-15/h6-8,10-11H,2-5,9,16H2,1H3,(H2,17,18,19). The predicted molar refractivity (Wildman–Crippen MR) is 80.1 cm³/mol. The Morgan fingerprint density at radius 1 is 1.37 bits per heavy atom. The van der Waals surface area contributed by atoms with Crippen LogP contribution in [-0.4, -0.2) is 16.5 Å². The van der Waals surface area contributed by atoms with Crippen LogP contribution in [0, 0.1) is 11.8 Å². The van der Waals surface area contributed by atoms with Crippen molar-refractivity contribution in [2.45, 2.75) is 32.6 Å². The fourth-order valence-electron chi connectivity index (χ4n) is 3.04. The molecule has 2 aromatic rings. The number of nitrogens with two attached hydrogens (primary N) is 1. The molecular weight excluding hydrogens is 236 g/mol. The number of anilines is 2. The molecule has 0 aliphatic heterocycles. The minimum Gasteiger partial charge on any atom is -0.399 e. The molecule has 1 aromatic heterocycles. The first-order chi connectivity index (χ1) is 9.22. The van der Waals surface area contributed by atoms with Gasteiger partial charge in [0.05, 0.1) is 11.0 Å². The lowest BCUT2D eigenvalue weighted by atomic mass is 9.80. The van der Waals surface area contributed by atoms with Crippen molar-refractivity contribution in [1.29, 1.82) is 0 Å². The third kappa shape index (κ3) is 2.67. The Kier molecular flexibility index (Phi) is 3.32. The summed E-state index contributed by atoms with van der Waals surface area (Å²) < 4.78 is 0. The van der Waals surface area contributed by atoms with Gasteiger partial charge < -0.3 is 16.0 Å². The van der Waals surface area contributed by atoms with E-state index in [1.807, 2.05) is 18.2 Å². The molecule has 4 nitrogen and oxygen atoms in total. The minimum atomic E-state index is 0.767. The van der Waals surface area contributed by atoms with Gasteiger partial charge in [0.2, 0.25) is 5.95 Å². The summed E-state index contributed by atoms with van der Waals surface area (Å²) in [6, 6.07) is 5.77. The number of imidazole rings is 1. The number of nitrogens with one attached hydrogen (secondary N) is 2. The van der Waals surface area contributed by atoms with Gasteiger partial charge in [-0.05, 0) is 36.5 Å². The Labute approximate surface area is 113 Å². The summed E-state index contributed by atoms with van der Waals surface area (Å²) in [5, 5.41) is 3.45. The Balaban J connectivity index is 1.68. The van der Waals surface area contributed by atoms with Gasteiger partial charge in [0.1, 0.15) is 0 Å². The molecule has 0 amide bonds. The molecular formula is C15H22N4. The second-order valence-corrected chi connectivity index (χ2v) is 5.76. The van der Waals surface area contributed by atoms with Crippen LogP contribution >= 0.6 is 0 Å². The number of rotatable bonds is 3. The lowest BCUT2D eigenvalue weighted by Gasteiger charge is -2.28. The van der Waals surface area contributed by atoms with Crippen LogP contribution in [0.3, 0.4) is 0 Å². The Morgan fingerprint density at radius 2 is 2.21 bits per heavy atom. The van der Waals surface area contributed by atoms with E-state index in [0.29, 0.717) is 0 Å². The molecule has 1 aromatic carbocycles. The van der Waals surface area contributed by atoms with Crippen LogP contribution in [0.4, 0.5) is 11.6 Å². The van der Waals surface area contributed by atoms with Gasteiger partial charge in [-0.3, -0.25) is 0 Å². The molecule has 3 rings (SSSR count). The maximum atomic E-state index is 5.77. The van der Waals surface area contributed by atoms with Gasteiger partial charge in [0.25, 0.3) is 0 Å². The quantitative estimate of drug-likeness (QED) is 0.739. The number of nitrogens with zero attached hydrogens (tertiary/aromatic N) is 1. The van der Waals surface area contributed by atoms with Crippen molar-refractivity contribution in [2.75, 3.05) is 17.6 Å². The number of H-pyrrole nitrogens is 1. The molecule has 0 radical (unpaired) electrons. The first kappa shape index (κ1) is 12.3. The van der Waals surface area contributed by atoms with E-state index in [1.165, 1.54) is 25.7 Å². The van der Waals surface area contributed by atoms with E-state index < -0.39 is 0 Å². The summed E-state index contributed by atoms with van der Waals surface area (Å²) >= 11 is 0. The predicted octanol–water partition coefficient (Wildman–Crippen LogP) is 3.38. The number of aromatic nitrogens is 2. The van der Waals surface area contributed by atoms with E-state index >= 15 is 0 Å². The van der Waals surface area contributed by atoms with E-state index in [0.717, 1.165) is 41.0 Å². The molecule has 1 saturated carbocycles. The van der Waals surface area contributed by atoms with Crippen LogP contribution in [0.5, 0.6) is 0 Å². The third-order valence-corrected chi connectivity index (χ3v) is 4.33. The fraction of sp³-hybridized carbons (Fsp3) is 0.533. The summed E-state index contributed by atoms with van der Waals surface area (Å²) in [6.07, 6.45) is 5.46. The number of hydrogen-bond acceptors (Lipinski definition) is 3. The van der Waals surface area contributed by atoms with E-state index in [4.69, 9.17) is 5.73 Å². The number of benzene rings is 1. The van der Waals surface area contributed by atoms with Gasteiger partial charge in [0, 0.05) is 12.2 Å². The fourth-order valence-corrected chi connectivity index (χ4v) is 3.04. The lowest BCUT2D eigenvalue weighted by molar-refractivity contribution is 0.268. The highest BCUT2D eigenvalue weighted by Crippen LogP contribution is 2.29. The summed E-state index contributed by atoms with van der Waals surface area (Å²) in [7, 11) is 0. The average molecular weight is 258 g/mol. The second-order valence-electron chi connectivity index (χ2n) is 5.76.